The smallest absolute Gasteiger partial charge is 0.254 e. The molecule has 1 fully saturated rings. The summed E-state index contributed by atoms with van der Waals surface area (Å²) in [5.41, 5.74) is 4.02. The molecule has 24 heavy (non-hydrogen) atoms. The van der Waals surface area contributed by atoms with Crippen molar-refractivity contribution in [2.45, 2.75) is 13.8 Å². The summed E-state index contributed by atoms with van der Waals surface area (Å²) in [5, 5.41) is 14.0. The van der Waals surface area contributed by atoms with E-state index in [0.717, 1.165) is 31.9 Å². The number of rotatable bonds is 7. The molecule has 132 valence electrons. The van der Waals surface area contributed by atoms with Gasteiger partial charge in [0, 0.05) is 43.5 Å². The zero-order chi connectivity index (χ0) is 17.4. The standard InChI is InChI=1S/C17H26N4O3/c1-3-21(4-2)15-6-5-14(16(22)11-15)12-18-19-17(23)13-20-7-9-24-10-8-20/h5-6,11-12,22H,3-4,7-10,13H2,1-2H3,(H,19,23)/b18-12+. The molecule has 0 aliphatic carbocycles. The van der Waals surface area contributed by atoms with E-state index < -0.39 is 0 Å². The highest BCUT2D eigenvalue weighted by Crippen LogP contribution is 2.23. The molecular weight excluding hydrogens is 308 g/mol. The SMILES string of the molecule is CCN(CC)c1ccc(/C=N/NC(=O)CN2CCOCC2)c(O)c1. The first-order chi connectivity index (χ1) is 11.6. The Morgan fingerprint density at radius 1 is 1.38 bits per heavy atom. The number of ether oxygens (including phenoxy) is 1. The van der Waals surface area contributed by atoms with Crippen LogP contribution in [0, 0.1) is 0 Å². The van der Waals surface area contributed by atoms with Crippen molar-refractivity contribution in [2.24, 2.45) is 5.10 Å². The largest absolute Gasteiger partial charge is 0.507 e. The molecule has 0 radical (unpaired) electrons. The molecule has 1 aromatic carbocycles. The monoisotopic (exact) mass is 334 g/mol. The van der Waals surface area contributed by atoms with E-state index in [1.54, 1.807) is 12.1 Å². The molecule has 0 bridgehead atoms. The fraction of sp³-hybridized carbons (Fsp3) is 0.529. The third kappa shape index (κ3) is 5.21. The maximum Gasteiger partial charge on any atom is 0.254 e. The first kappa shape index (κ1) is 18.2. The van der Waals surface area contributed by atoms with Gasteiger partial charge in [0.25, 0.3) is 5.91 Å². The maximum absolute atomic E-state index is 11.8. The minimum atomic E-state index is -0.174. The van der Waals surface area contributed by atoms with Gasteiger partial charge in [-0.2, -0.15) is 5.10 Å². The van der Waals surface area contributed by atoms with Crippen molar-refractivity contribution in [2.75, 3.05) is 50.8 Å². The fourth-order valence-electron chi connectivity index (χ4n) is 2.60. The molecule has 0 saturated carbocycles. The van der Waals surface area contributed by atoms with Crippen LogP contribution in [-0.4, -0.2) is 68.1 Å². The summed E-state index contributed by atoms with van der Waals surface area (Å²) >= 11 is 0. The first-order valence-corrected chi connectivity index (χ1v) is 8.34. The molecule has 0 spiro atoms. The quantitative estimate of drug-likeness (QED) is 0.575. The summed E-state index contributed by atoms with van der Waals surface area (Å²) in [4.78, 5) is 16.0. The second-order valence-electron chi connectivity index (χ2n) is 5.60. The predicted molar refractivity (Wildman–Crippen MR) is 94.7 cm³/mol. The highest BCUT2D eigenvalue weighted by Gasteiger charge is 2.13. The van der Waals surface area contributed by atoms with E-state index >= 15 is 0 Å². The van der Waals surface area contributed by atoms with Gasteiger partial charge >= 0.3 is 0 Å². The molecule has 2 N–H and O–H groups in total. The molecule has 1 saturated heterocycles. The third-order valence-corrected chi connectivity index (χ3v) is 4.01. The number of hydrazone groups is 1. The van der Waals surface area contributed by atoms with Gasteiger partial charge in [-0.1, -0.05) is 0 Å². The lowest BCUT2D eigenvalue weighted by molar-refractivity contribution is -0.123. The number of hydrogen-bond acceptors (Lipinski definition) is 6. The molecule has 0 atom stereocenters. The number of carbonyl (C=O) groups is 1. The van der Waals surface area contributed by atoms with Crippen LogP contribution in [0.3, 0.4) is 0 Å². The lowest BCUT2D eigenvalue weighted by Crippen LogP contribution is -2.42. The summed E-state index contributed by atoms with van der Waals surface area (Å²) in [5.74, 6) is -0.0296. The molecule has 1 aromatic rings. The van der Waals surface area contributed by atoms with E-state index in [2.05, 4.69) is 29.3 Å². The zero-order valence-corrected chi connectivity index (χ0v) is 14.4. The van der Waals surface area contributed by atoms with Crippen LogP contribution in [-0.2, 0) is 9.53 Å². The fourth-order valence-corrected chi connectivity index (χ4v) is 2.60. The molecule has 1 heterocycles. The van der Waals surface area contributed by atoms with Gasteiger partial charge in [0.15, 0.2) is 0 Å². The van der Waals surface area contributed by atoms with Crippen molar-refractivity contribution in [1.82, 2.24) is 10.3 Å². The molecule has 1 amide bonds. The number of hydrogen-bond donors (Lipinski definition) is 2. The number of benzene rings is 1. The molecule has 0 aromatic heterocycles. The third-order valence-electron chi connectivity index (χ3n) is 4.01. The Bertz CT molecular complexity index is 567. The Hall–Kier alpha value is -2.12. The van der Waals surface area contributed by atoms with Crippen LogP contribution < -0.4 is 10.3 Å². The van der Waals surface area contributed by atoms with Crippen molar-refractivity contribution in [3.8, 4) is 5.75 Å². The van der Waals surface area contributed by atoms with Gasteiger partial charge in [-0.3, -0.25) is 9.69 Å². The molecule has 7 heteroatoms. The Balaban J connectivity index is 1.88. The normalized spacial score (nSPS) is 15.6. The summed E-state index contributed by atoms with van der Waals surface area (Å²) in [6.07, 6.45) is 1.46. The number of morpholine rings is 1. The van der Waals surface area contributed by atoms with Gasteiger partial charge < -0.3 is 14.7 Å². The van der Waals surface area contributed by atoms with Crippen LogP contribution in [0.15, 0.2) is 23.3 Å². The molecule has 1 aliphatic rings. The number of aromatic hydroxyl groups is 1. The van der Waals surface area contributed by atoms with Crippen molar-refractivity contribution in [3.05, 3.63) is 23.8 Å². The number of nitrogens with zero attached hydrogens (tertiary/aromatic N) is 3. The minimum absolute atomic E-state index is 0.144. The molecular formula is C17H26N4O3. The summed E-state index contributed by atoms with van der Waals surface area (Å²) in [7, 11) is 0. The van der Waals surface area contributed by atoms with E-state index in [1.165, 1.54) is 6.21 Å². The van der Waals surface area contributed by atoms with E-state index in [9.17, 15) is 9.90 Å². The van der Waals surface area contributed by atoms with Gasteiger partial charge in [-0.15, -0.1) is 0 Å². The van der Waals surface area contributed by atoms with Crippen LogP contribution in [0.5, 0.6) is 5.75 Å². The van der Waals surface area contributed by atoms with Gasteiger partial charge in [0.1, 0.15) is 5.75 Å². The Kier molecular flexibility index (Phi) is 7.02. The average molecular weight is 334 g/mol. The molecule has 7 nitrogen and oxygen atoms in total. The number of anilines is 1. The lowest BCUT2D eigenvalue weighted by atomic mass is 10.2. The number of amides is 1. The van der Waals surface area contributed by atoms with E-state index in [4.69, 9.17) is 4.74 Å². The summed E-state index contributed by atoms with van der Waals surface area (Å²) < 4.78 is 5.24. The molecule has 1 aliphatic heterocycles. The number of carbonyl (C=O) groups excluding carboxylic acids is 1. The summed E-state index contributed by atoms with van der Waals surface area (Å²) in [6, 6.07) is 5.44. The Morgan fingerprint density at radius 3 is 2.71 bits per heavy atom. The van der Waals surface area contributed by atoms with Crippen LogP contribution in [0.4, 0.5) is 5.69 Å². The molecule has 0 unspecified atom stereocenters. The number of phenols is 1. The van der Waals surface area contributed by atoms with Crippen molar-refractivity contribution in [1.29, 1.82) is 0 Å². The van der Waals surface area contributed by atoms with E-state index in [1.807, 2.05) is 11.0 Å². The highest BCUT2D eigenvalue weighted by molar-refractivity contribution is 5.86. The molecule has 2 rings (SSSR count). The Morgan fingerprint density at radius 2 is 2.08 bits per heavy atom. The average Bonchev–Trinajstić information content (AvgIpc) is 2.59. The number of phenolic OH excluding ortho intramolecular Hbond substituents is 1. The van der Waals surface area contributed by atoms with E-state index in [-0.39, 0.29) is 11.7 Å². The van der Waals surface area contributed by atoms with Gasteiger partial charge in [0.2, 0.25) is 0 Å². The van der Waals surface area contributed by atoms with Crippen LogP contribution in [0.2, 0.25) is 0 Å². The second kappa shape index (κ2) is 9.24. The van der Waals surface area contributed by atoms with Crippen molar-refractivity contribution < 1.29 is 14.6 Å². The lowest BCUT2D eigenvalue weighted by Gasteiger charge is -2.25. The van der Waals surface area contributed by atoms with Crippen LogP contribution in [0.25, 0.3) is 0 Å². The maximum atomic E-state index is 11.8. The second-order valence-corrected chi connectivity index (χ2v) is 5.60. The number of nitrogens with one attached hydrogen (secondary N) is 1. The summed E-state index contributed by atoms with van der Waals surface area (Å²) in [6.45, 7) is 9.01. The zero-order valence-electron chi connectivity index (χ0n) is 14.4. The van der Waals surface area contributed by atoms with Gasteiger partial charge in [-0.25, -0.2) is 5.43 Å². The van der Waals surface area contributed by atoms with Crippen molar-refractivity contribution >= 4 is 17.8 Å². The predicted octanol–water partition coefficient (Wildman–Crippen LogP) is 1.02. The first-order valence-electron chi connectivity index (χ1n) is 8.34. The van der Waals surface area contributed by atoms with E-state index in [0.29, 0.717) is 25.3 Å². The van der Waals surface area contributed by atoms with Crippen LogP contribution >= 0.6 is 0 Å². The van der Waals surface area contributed by atoms with Gasteiger partial charge in [0.05, 0.1) is 26.0 Å². The topological polar surface area (TPSA) is 77.4 Å². The highest BCUT2D eigenvalue weighted by atomic mass is 16.5. The Labute approximate surface area is 142 Å². The van der Waals surface area contributed by atoms with Crippen LogP contribution in [0.1, 0.15) is 19.4 Å². The van der Waals surface area contributed by atoms with Crippen molar-refractivity contribution in [3.63, 3.8) is 0 Å². The van der Waals surface area contributed by atoms with Gasteiger partial charge in [-0.05, 0) is 26.0 Å². The minimum Gasteiger partial charge on any atom is -0.507 e.